The Morgan fingerprint density at radius 1 is 1.39 bits per heavy atom. The molecule has 0 saturated heterocycles. The van der Waals surface area contributed by atoms with Gasteiger partial charge >= 0.3 is 0 Å². The summed E-state index contributed by atoms with van der Waals surface area (Å²) in [6.45, 7) is 2.23. The van der Waals surface area contributed by atoms with E-state index in [0.29, 0.717) is 22.4 Å². The van der Waals surface area contributed by atoms with Gasteiger partial charge in [-0.25, -0.2) is 4.98 Å². The van der Waals surface area contributed by atoms with E-state index < -0.39 is 0 Å². The van der Waals surface area contributed by atoms with Crippen molar-refractivity contribution >= 4 is 37.5 Å². The van der Waals surface area contributed by atoms with Gasteiger partial charge in [-0.1, -0.05) is 6.07 Å². The number of nitrogens with zero attached hydrogens (tertiary/aromatic N) is 2. The van der Waals surface area contributed by atoms with Crippen molar-refractivity contribution in [1.82, 2.24) is 9.55 Å². The molecule has 0 aliphatic carbocycles. The highest BCUT2D eigenvalue weighted by Crippen LogP contribution is 2.20. The first-order valence-corrected chi connectivity index (χ1v) is 6.83. The van der Waals surface area contributed by atoms with Crippen LogP contribution in [-0.2, 0) is 6.54 Å². The third-order valence-corrected chi connectivity index (χ3v) is 4.21. The molecule has 0 unspecified atom stereocenters. The minimum Gasteiger partial charge on any atom is -0.398 e. The van der Waals surface area contributed by atoms with Crippen LogP contribution in [0.25, 0.3) is 0 Å². The SMILES string of the molecule is Cc1ncn(Cc2ccc(Br)c(N)c2)c(=O)c1Br. The quantitative estimate of drug-likeness (QED) is 0.824. The monoisotopic (exact) mass is 371 g/mol. The molecule has 0 radical (unpaired) electrons. The van der Waals surface area contributed by atoms with Crippen LogP contribution in [0.15, 0.2) is 38.3 Å². The highest BCUT2D eigenvalue weighted by atomic mass is 79.9. The van der Waals surface area contributed by atoms with Gasteiger partial charge < -0.3 is 5.73 Å². The molecule has 2 rings (SSSR count). The molecule has 4 nitrogen and oxygen atoms in total. The molecule has 94 valence electrons. The summed E-state index contributed by atoms with van der Waals surface area (Å²) in [5.41, 5.74) is 8.01. The topological polar surface area (TPSA) is 60.9 Å². The smallest absolute Gasteiger partial charge is 0.268 e. The molecule has 2 aromatic rings. The van der Waals surface area contributed by atoms with Gasteiger partial charge in [-0.05, 0) is 56.5 Å². The van der Waals surface area contributed by atoms with Gasteiger partial charge in [0.25, 0.3) is 5.56 Å². The van der Waals surface area contributed by atoms with Crippen molar-refractivity contribution in [2.24, 2.45) is 0 Å². The largest absolute Gasteiger partial charge is 0.398 e. The van der Waals surface area contributed by atoms with E-state index in [4.69, 9.17) is 5.73 Å². The van der Waals surface area contributed by atoms with Crippen molar-refractivity contribution in [3.8, 4) is 0 Å². The van der Waals surface area contributed by atoms with Gasteiger partial charge in [0.2, 0.25) is 0 Å². The first-order valence-electron chi connectivity index (χ1n) is 5.24. The molecule has 1 heterocycles. The Hall–Kier alpha value is -1.14. The van der Waals surface area contributed by atoms with Crippen LogP contribution in [0, 0.1) is 6.92 Å². The van der Waals surface area contributed by atoms with Crippen molar-refractivity contribution in [2.75, 3.05) is 5.73 Å². The summed E-state index contributed by atoms with van der Waals surface area (Å²) in [7, 11) is 0. The standard InChI is InChI=1S/C12H11Br2N3O/c1-7-11(14)12(18)17(6-16-7)5-8-2-3-9(13)10(15)4-8/h2-4,6H,5,15H2,1H3. The summed E-state index contributed by atoms with van der Waals surface area (Å²) in [6.07, 6.45) is 1.54. The number of aryl methyl sites for hydroxylation is 1. The summed E-state index contributed by atoms with van der Waals surface area (Å²) in [6, 6.07) is 5.62. The third-order valence-electron chi connectivity index (χ3n) is 2.57. The molecule has 18 heavy (non-hydrogen) atoms. The number of halogens is 2. The third kappa shape index (κ3) is 2.64. The Balaban J connectivity index is 2.37. The zero-order valence-electron chi connectivity index (χ0n) is 9.65. The molecule has 1 aromatic heterocycles. The maximum absolute atomic E-state index is 12.0. The van der Waals surface area contributed by atoms with Crippen molar-refractivity contribution in [2.45, 2.75) is 13.5 Å². The van der Waals surface area contributed by atoms with Gasteiger partial charge in [-0.15, -0.1) is 0 Å². The number of hydrogen-bond donors (Lipinski definition) is 1. The summed E-state index contributed by atoms with van der Waals surface area (Å²) in [4.78, 5) is 16.1. The fourth-order valence-electron chi connectivity index (χ4n) is 1.55. The zero-order chi connectivity index (χ0) is 13.3. The first-order chi connectivity index (χ1) is 8.49. The van der Waals surface area contributed by atoms with Crippen molar-refractivity contribution in [3.05, 3.63) is 55.1 Å². The number of anilines is 1. The van der Waals surface area contributed by atoms with Gasteiger partial charge in [-0.2, -0.15) is 0 Å². The van der Waals surface area contributed by atoms with E-state index in [0.717, 1.165) is 10.0 Å². The Bertz CT molecular complexity index is 652. The Morgan fingerprint density at radius 3 is 2.78 bits per heavy atom. The molecule has 0 saturated carbocycles. The maximum Gasteiger partial charge on any atom is 0.268 e. The fourth-order valence-corrected chi connectivity index (χ4v) is 2.12. The van der Waals surface area contributed by atoms with Crippen LogP contribution in [0.2, 0.25) is 0 Å². The van der Waals surface area contributed by atoms with E-state index in [1.165, 1.54) is 0 Å². The van der Waals surface area contributed by atoms with Crippen LogP contribution >= 0.6 is 31.9 Å². The Morgan fingerprint density at radius 2 is 2.11 bits per heavy atom. The lowest BCUT2D eigenvalue weighted by Crippen LogP contribution is -2.22. The predicted molar refractivity (Wildman–Crippen MR) is 78.6 cm³/mol. The summed E-state index contributed by atoms with van der Waals surface area (Å²) >= 11 is 6.58. The predicted octanol–water partition coefficient (Wildman–Crippen LogP) is 2.71. The van der Waals surface area contributed by atoms with Crippen molar-refractivity contribution < 1.29 is 0 Å². The highest BCUT2D eigenvalue weighted by molar-refractivity contribution is 9.10. The minimum atomic E-state index is -0.0935. The molecule has 0 spiro atoms. The molecule has 0 bridgehead atoms. The first kappa shape index (κ1) is 13.3. The average Bonchev–Trinajstić information content (AvgIpc) is 2.34. The van der Waals surface area contributed by atoms with Crippen molar-refractivity contribution in [3.63, 3.8) is 0 Å². The number of aromatic nitrogens is 2. The lowest BCUT2D eigenvalue weighted by Gasteiger charge is -2.08. The molecule has 0 amide bonds. The van der Waals surface area contributed by atoms with E-state index in [1.54, 1.807) is 17.8 Å². The molecular formula is C12H11Br2N3O. The van der Waals surface area contributed by atoms with Gasteiger partial charge in [0.05, 0.1) is 18.6 Å². The van der Waals surface area contributed by atoms with Crippen LogP contribution in [-0.4, -0.2) is 9.55 Å². The Labute approximate surface area is 121 Å². The van der Waals surface area contributed by atoms with Crippen LogP contribution in [0.5, 0.6) is 0 Å². The molecule has 6 heteroatoms. The highest BCUT2D eigenvalue weighted by Gasteiger charge is 2.06. The van der Waals surface area contributed by atoms with Gasteiger partial charge in [0.15, 0.2) is 0 Å². The fraction of sp³-hybridized carbons (Fsp3) is 0.167. The van der Waals surface area contributed by atoms with E-state index in [2.05, 4.69) is 36.8 Å². The number of benzene rings is 1. The normalized spacial score (nSPS) is 10.6. The summed E-state index contributed by atoms with van der Waals surface area (Å²) < 4.78 is 2.89. The molecule has 0 aliphatic rings. The van der Waals surface area contributed by atoms with Gasteiger partial charge in [-0.3, -0.25) is 9.36 Å². The van der Waals surface area contributed by atoms with E-state index in [9.17, 15) is 4.79 Å². The van der Waals surface area contributed by atoms with Crippen LogP contribution in [0.3, 0.4) is 0 Å². The Kier molecular flexibility index (Phi) is 3.87. The van der Waals surface area contributed by atoms with E-state index >= 15 is 0 Å². The van der Waals surface area contributed by atoms with Crippen LogP contribution in [0.1, 0.15) is 11.3 Å². The summed E-state index contributed by atoms with van der Waals surface area (Å²) in [5, 5.41) is 0. The van der Waals surface area contributed by atoms with Gasteiger partial charge in [0, 0.05) is 10.2 Å². The minimum absolute atomic E-state index is 0.0935. The molecule has 0 atom stereocenters. The second-order valence-electron chi connectivity index (χ2n) is 3.93. The van der Waals surface area contributed by atoms with E-state index in [-0.39, 0.29) is 5.56 Å². The summed E-state index contributed by atoms with van der Waals surface area (Å²) in [5.74, 6) is 0. The molecular weight excluding hydrogens is 362 g/mol. The second-order valence-corrected chi connectivity index (χ2v) is 5.58. The number of nitrogen functional groups attached to an aromatic ring is 1. The van der Waals surface area contributed by atoms with E-state index in [1.807, 2.05) is 18.2 Å². The second kappa shape index (κ2) is 5.24. The lowest BCUT2D eigenvalue weighted by molar-refractivity contribution is 0.724. The number of nitrogens with two attached hydrogens (primary N) is 1. The van der Waals surface area contributed by atoms with Crippen molar-refractivity contribution in [1.29, 1.82) is 0 Å². The zero-order valence-corrected chi connectivity index (χ0v) is 12.8. The molecule has 1 aromatic carbocycles. The maximum atomic E-state index is 12.0. The molecule has 2 N–H and O–H groups in total. The van der Waals surface area contributed by atoms with Gasteiger partial charge in [0.1, 0.15) is 4.47 Å². The lowest BCUT2D eigenvalue weighted by atomic mass is 10.2. The van der Waals surface area contributed by atoms with Crippen LogP contribution < -0.4 is 11.3 Å². The average molecular weight is 373 g/mol. The number of rotatable bonds is 2. The number of hydrogen-bond acceptors (Lipinski definition) is 3. The molecule has 0 fully saturated rings. The molecule has 0 aliphatic heterocycles. The van der Waals surface area contributed by atoms with Crippen LogP contribution in [0.4, 0.5) is 5.69 Å².